The van der Waals surface area contributed by atoms with E-state index in [4.69, 9.17) is 0 Å². The van der Waals surface area contributed by atoms with Crippen LogP contribution in [0.25, 0.3) is 0 Å². The summed E-state index contributed by atoms with van der Waals surface area (Å²) in [7, 11) is 0. The molecule has 3 heterocycles. The van der Waals surface area contributed by atoms with Crippen LogP contribution in [0.4, 0.5) is 0 Å². The Morgan fingerprint density at radius 1 is 1.32 bits per heavy atom. The van der Waals surface area contributed by atoms with Gasteiger partial charge in [-0.15, -0.1) is 11.3 Å². The monoisotopic (exact) mass is 406 g/mol. The maximum atomic E-state index is 3.60. The Hall–Kier alpha value is 0.580. The van der Waals surface area contributed by atoms with Crippen LogP contribution in [0.2, 0.25) is 0 Å². The van der Waals surface area contributed by atoms with Crippen LogP contribution < -0.4 is 5.32 Å². The summed E-state index contributed by atoms with van der Waals surface area (Å²) in [5.41, 5.74) is 0.558. The zero-order chi connectivity index (χ0) is 13.3. The molecule has 2 saturated heterocycles. The van der Waals surface area contributed by atoms with Crippen LogP contribution in [0.15, 0.2) is 14.3 Å². The Morgan fingerprint density at radius 3 is 2.84 bits per heavy atom. The zero-order valence-corrected chi connectivity index (χ0v) is 15.0. The summed E-state index contributed by atoms with van der Waals surface area (Å²) < 4.78 is 2.41. The van der Waals surface area contributed by atoms with Gasteiger partial charge in [0.1, 0.15) is 0 Å². The second-order valence-corrected chi connectivity index (χ2v) is 9.24. The number of thiophene rings is 1. The number of halogens is 2. The van der Waals surface area contributed by atoms with Crippen molar-refractivity contribution in [2.75, 3.05) is 26.2 Å². The molecule has 1 spiro atoms. The van der Waals surface area contributed by atoms with Crippen molar-refractivity contribution in [2.45, 2.75) is 32.2 Å². The van der Waals surface area contributed by atoms with Crippen molar-refractivity contribution in [3.8, 4) is 0 Å². The molecule has 2 aliphatic heterocycles. The molecule has 0 bridgehead atoms. The summed E-state index contributed by atoms with van der Waals surface area (Å²) in [6, 6.07) is 2.26. The molecule has 1 N–H and O–H groups in total. The molecular formula is C14H20Br2N2S. The van der Waals surface area contributed by atoms with E-state index in [0.717, 1.165) is 6.54 Å². The highest BCUT2D eigenvalue weighted by atomic mass is 79.9. The fourth-order valence-electron chi connectivity index (χ4n) is 3.51. The highest BCUT2D eigenvalue weighted by Crippen LogP contribution is 2.38. The first-order chi connectivity index (χ1) is 9.17. The summed E-state index contributed by atoms with van der Waals surface area (Å²) >= 11 is 9.04. The van der Waals surface area contributed by atoms with Gasteiger partial charge in [-0.05, 0) is 82.1 Å². The molecule has 106 valence electrons. The molecule has 2 fully saturated rings. The Bertz CT molecular complexity index is 416. The maximum Gasteiger partial charge on any atom is 0.0843 e. The van der Waals surface area contributed by atoms with Gasteiger partial charge in [0.25, 0.3) is 0 Å². The second kappa shape index (κ2) is 6.14. The van der Waals surface area contributed by atoms with E-state index in [1.807, 2.05) is 11.3 Å². The number of piperidine rings is 2. The maximum absolute atomic E-state index is 3.60. The molecule has 0 aliphatic carbocycles. The molecule has 5 heteroatoms. The van der Waals surface area contributed by atoms with Crippen molar-refractivity contribution < 1.29 is 0 Å². The van der Waals surface area contributed by atoms with E-state index in [0.29, 0.717) is 5.41 Å². The van der Waals surface area contributed by atoms with Crippen molar-refractivity contribution in [1.82, 2.24) is 10.2 Å². The number of rotatable bonds is 2. The van der Waals surface area contributed by atoms with Gasteiger partial charge < -0.3 is 5.32 Å². The summed E-state index contributed by atoms with van der Waals surface area (Å²) in [5.74, 6) is 0. The van der Waals surface area contributed by atoms with Gasteiger partial charge in [0.2, 0.25) is 0 Å². The van der Waals surface area contributed by atoms with E-state index >= 15 is 0 Å². The minimum absolute atomic E-state index is 0.558. The van der Waals surface area contributed by atoms with E-state index < -0.39 is 0 Å². The Kier molecular flexibility index (Phi) is 4.69. The highest BCUT2D eigenvalue weighted by Gasteiger charge is 2.36. The van der Waals surface area contributed by atoms with Crippen molar-refractivity contribution in [3.63, 3.8) is 0 Å². The molecule has 1 aromatic heterocycles. The molecule has 2 nitrogen and oxygen atoms in total. The first kappa shape index (κ1) is 14.5. The molecule has 3 rings (SSSR count). The van der Waals surface area contributed by atoms with Crippen LogP contribution in [-0.4, -0.2) is 31.1 Å². The molecular weight excluding hydrogens is 388 g/mol. The van der Waals surface area contributed by atoms with Crippen LogP contribution in [0.3, 0.4) is 0 Å². The van der Waals surface area contributed by atoms with Gasteiger partial charge in [0, 0.05) is 29.0 Å². The topological polar surface area (TPSA) is 15.3 Å². The van der Waals surface area contributed by atoms with Crippen molar-refractivity contribution in [3.05, 3.63) is 19.2 Å². The summed E-state index contributed by atoms with van der Waals surface area (Å²) in [6.07, 6.45) is 5.53. The van der Waals surface area contributed by atoms with Crippen molar-refractivity contribution >= 4 is 43.2 Å². The van der Waals surface area contributed by atoms with Gasteiger partial charge in [-0.1, -0.05) is 0 Å². The lowest BCUT2D eigenvalue weighted by Gasteiger charge is -2.45. The summed E-state index contributed by atoms with van der Waals surface area (Å²) in [4.78, 5) is 4.11. The van der Waals surface area contributed by atoms with E-state index in [9.17, 15) is 0 Å². The third-order valence-electron chi connectivity index (χ3n) is 4.38. The van der Waals surface area contributed by atoms with Crippen LogP contribution >= 0.6 is 43.2 Å². The third kappa shape index (κ3) is 3.43. The number of nitrogens with one attached hydrogen (secondary N) is 1. The fraction of sp³-hybridized carbons (Fsp3) is 0.714. The molecule has 0 saturated carbocycles. The first-order valence-electron chi connectivity index (χ1n) is 7.04. The van der Waals surface area contributed by atoms with Gasteiger partial charge in [-0.3, -0.25) is 4.90 Å². The number of hydrogen-bond acceptors (Lipinski definition) is 3. The predicted molar refractivity (Wildman–Crippen MR) is 88.8 cm³/mol. The van der Waals surface area contributed by atoms with Gasteiger partial charge in [0.05, 0.1) is 3.79 Å². The smallest absolute Gasteiger partial charge is 0.0843 e. The fourth-order valence-corrected chi connectivity index (χ4v) is 5.73. The lowest BCUT2D eigenvalue weighted by atomic mass is 9.74. The second-order valence-electron chi connectivity index (χ2n) is 5.93. The molecule has 0 aromatic carbocycles. The summed E-state index contributed by atoms with van der Waals surface area (Å²) in [5, 5.41) is 3.60. The average Bonchev–Trinajstić information content (AvgIpc) is 2.69. The minimum atomic E-state index is 0.558. The molecule has 1 atom stereocenters. The highest BCUT2D eigenvalue weighted by molar-refractivity contribution is 9.13. The lowest BCUT2D eigenvalue weighted by molar-refractivity contribution is 0.0606. The van der Waals surface area contributed by atoms with E-state index in [-0.39, 0.29) is 0 Å². The van der Waals surface area contributed by atoms with E-state index in [2.05, 4.69) is 48.1 Å². The lowest BCUT2D eigenvalue weighted by Crippen LogP contribution is -2.50. The quantitative estimate of drug-likeness (QED) is 0.788. The van der Waals surface area contributed by atoms with Crippen LogP contribution in [-0.2, 0) is 6.54 Å². The molecule has 2 aliphatic rings. The molecule has 0 amide bonds. The van der Waals surface area contributed by atoms with Crippen molar-refractivity contribution in [2.24, 2.45) is 5.41 Å². The number of likely N-dealkylation sites (tertiary alicyclic amines) is 1. The van der Waals surface area contributed by atoms with Gasteiger partial charge in [-0.2, -0.15) is 0 Å². The number of nitrogens with zero attached hydrogens (tertiary/aromatic N) is 1. The SMILES string of the molecule is Brc1cc(CN2CCCC3(CCCNC3)C2)sc1Br. The van der Waals surface area contributed by atoms with Crippen LogP contribution in [0.1, 0.15) is 30.6 Å². The Morgan fingerprint density at radius 2 is 2.16 bits per heavy atom. The van der Waals surface area contributed by atoms with Crippen LogP contribution in [0.5, 0.6) is 0 Å². The largest absolute Gasteiger partial charge is 0.316 e. The molecule has 0 radical (unpaired) electrons. The minimum Gasteiger partial charge on any atom is -0.316 e. The average molecular weight is 408 g/mol. The van der Waals surface area contributed by atoms with E-state index in [1.165, 1.54) is 65.0 Å². The van der Waals surface area contributed by atoms with Gasteiger partial charge in [0.15, 0.2) is 0 Å². The van der Waals surface area contributed by atoms with Crippen molar-refractivity contribution in [1.29, 1.82) is 0 Å². The van der Waals surface area contributed by atoms with Crippen LogP contribution in [0, 0.1) is 5.41 Å². The standard InChI is InChI=1S/C14H20Br2N2S/c15-12-7-11(19-13(12)16)8-18-6-2-4-14(10-18)3-1-5-17-9-14/h7,17H,1-6,8-10H2. The predicted octanol–water partition coefficient (Wildman–Crippen LogP) is 4.24. The zero-order valence-electron chi connectivity index (χ0n) is 11.1. The normalized spacial score (nSPS) is 28.9. The van der Waals surface area contributed by atoms with Gasteiger partial charge >= 0.3 is 0 Å². The molecule has 19 heavy (non-hydrogen) atoms. The Labute approximate surface area is 136 Å². The summed E-state index contributed by atoms with van der Waals surface area (Å²) in [6.45, 7) is 6.08. The number of hydrogen-bond donors (Lipinski definition) is 1. The first-order valence-corrected chi connectivity index (χ1v) is 9.44. The molecule has 1 unspecified atom stereocenters. The Balaban J connectivity index is 1.64. The van der Waals surface area contributed by atoms with E-state index in [1.54, 1.807) is 0 Å². The molecule has 1 aromatic rings. The van der Waals surface area contributed by atoms with Gasteiger partial charge in [-0.25, -0.2) is 0 Å². The third-order valence-corrected chi connectivity index (χ3v) is 7.62.